The van der Waals surface area contributed by atoms with E-state index in [1.165, 1.54) is 58.1 Å². The van der Waals surface area contributed by atoms with Gasteiger partial charge < -0.3 is 9.47 Å². The molecular formula is C43H45BrN8O4S. The molecule has 4 aromatic heterocycles. The van der Waals surface area contributed by atoms with Gasteiger partial charge in [-0.05, 0) is 121 Å². The fraction of sp³-hybridized carbons (Fsp3) is 0.302. The first-order chi connectivity index (χ1) is 27.8. The molecule has 0 atom stereocenters. The molecule has 7 aromatic rings. The number of hydrogen-bond donors (Lipinski definition) is 0. The number of nitrogens with zero attached hydrogens (tertiary/aromatic N) is 8. The minimum absolute atomic E-state index is 0.277. The first-order valence-electron chi connectivity index (χ1n) is 19.3. The molecule has 2 fully saturated rings. The molecule has 0 N–H and O–H groups in total. The number of aromatic nitrogens is 6. The van der Waals surface area contributed by atoms with Crippen LogP contribution in [0.5, 0.6) is 11.5 Å². The molecule has 12 nitrogen and oxygen atoms in total. The normalized spacial score (nSPS) is 14.9. The van der Waals surface area contributed by atoms with E-state index >= 15 is 0 Å². The van der Waals surface area contributed by atoms with E-state index in [4.69, 9.17) is 9.47 Å². The number of ether oxygens (including phenoxy) is 2. The Hall–Kier alpha value is -5.15. The molecule has 2 saturated heterocycles. The molecule has 0 unspecified atom stereocenters. The zero-order valence-electron chi connectivity index (χ0n) is 31.9. The van der Waals surface area contributed by atoms with Crippen molar-refractivity contribution < 1.29 is 17.9 Å². The van der Waals surface area contributed by atoms with Crippen LogP contribution in [0.3, 0.4) is 0 Å². The molecule has 2 aliphatic heterocycles. The van der Waals surface area contributed by atoms with Gasteiger partial charge in [-0.25, -0.2) is 27.4 Å². The van der Waals surface area contributed by atoms with E-state index in [1.54, 1.807) is 39.6 Å². The van der Waals surface area contributed by atoms with E-state index in [-0.39, 0.29) is 4.90 Å². The van der Waals surface area contributed by atoms with Gasteiger partial charge in [-0.2, -0.15) is 10.2 Å². The molecule has 9 rings (SSSR count). The summed E-state index contributed by atoms with van der Waals surface area (Å²) in [5, 5.41) is 8.72. The minimum Gasteiger partial charge on any atom is -0.492 e. The van der Waals surface area contributed by atoms with E-state index < -0.39 is 9.84 Å². The highest BCUT2D eigenvalue weighted by atomic mass is 79.9. The Morgan fingerprint density at radius 2 is 1.12 bits per heavy atom. The van der Waals surface area contributed by atoms with Crippen molar-refractivity contribution in [3.63, 3.8) is 0 Å². The van der Waals surface area contributed by atoms with E-state index in [0.717, 1.165) is 74.7 Å². The summed E-state index contributed by atoms with van der Waals surface area (Å²) in [6.07, 6.45) is 17.5. The Kier molecular flexibility index (Phi) is 11.9. The zero-order valence-corrected chi connectivity index (χ0v) is 34.3. The molecule has 0 saturated carbocycles. The number of benzene rings is 3. The summed E-state index contributed by atoms with van der Waals surface area (Å²) in [7, 11) is -3.29. The van der Waals surface area contributed by atoms with Crippen molar-refractivity contribution in [3.8, 4) is 44.9 Å². The maximum atomic E-state index is 11.9. The number of fused-ring (bicyclic) bond motifs is 2. The minimum atomic E-state index is -3.29. The Labute approximate surface area is 341 Å². The fourth-order valence-corrected chi connectivity index (χ4v) is 8.24. The smallest absolute Gasteiger partial charge is 0.175 e. The van der Waals surface area contributed by atoms with Gasteiger partial charge in [0.25, 0.3) is 0 Å². The summed E-state index contributed by atoms with van der Waals surface area (Å²) < 4.78 is 40.0. The molecule has 2 aliphatic rings. The molecule has 3 aromatic carbocycles. The summed E-state index contributed by atoms with van der Waals surface area (Å²) >= 11 is 3.44. The van der Waals surface area contributed by atoms with Crippen molar-refractivity contribution in [2.45, 2.75) is 30.6 Å². The van der Waals surface area contributed by atoms with Crippen molar-refractivity contribution in [2.24, 2.45) is 0 Å². The molecule has 0 radical (unpaired) electrons. The van der Waals surface area contributed by atoms with Crippen LogP contribution in [0.2, 0.25) is 0 Å². The number of sulfone groups is 1. The lowest BCUT2D eigenvalue weighted by Gasteiger charge is -2.15. The van der Waals surface area contributed by atoms with Crippen LogP contribution in [0, 0.1) is 0 Å². The van der Waals surface area contributed by atoms with Gasteiger partial charge in [0, 0.05) is 60.8 Å². The van der Waals surface area contributed by atoms with Crippen LogP contribution in [0.25, 0.3) is 44.7 Å². The summed E-state index contributed by atoms with van der Waals surface area (Å²) in [6, 6.07) is 23.0. The summed E-state index contributed by atoms with van der Waals surface area (Å²) in [4.78, 5) is 14.2. The Bertz CT molecular complexity index is 2550. The summed E-state index contributed by atoms with van der Waals surface area (Å²) in [5.41, 5.74) is 7.13. The van der Waals surface area contributed by atoms with Crippen LogP contribution in [-0.4, -0.2) is 106 Å². The van der Waals surface area contributed by atoms with E-state index in [1.807, 2.05) is 67.3 Å². The van der Waals surface area contributed by atoms with E-state index in [0.29, 0.717) is 12.3 Å². The lowest BCUT2D eigenvalue weighted by Crippen LogP contribution is -2.25. The first-order valence-corrected chi connectivity index (χ1v) is 22.0. The lowest BCUT2D eigenvalue weighted by atomic mass is 10.1. The van der Waals surface area contributed by atoms with E-state index in [2.05, 4.69) is 58.0 Å². The Morgan fingerprint density at radius 3 is 1.67 bits per heavy atom. The zero-order chi connectivity index (χ0) is 39.2. The van der Waals surface area contributed by atoms with Crippen LogP contribution >= 0.6 is 15.9 Å². The van der Waals surface area contributed by atoms with Gasteiger partial charge >= 0.3 is 0 Å². The molecule has 57 heavy (non-hydrogen) atoms. The molecule has 294 valence electrons. The van der Waals surface area contributed by atoms with Crippen LogP contribution in [0.4, 0.5) is 0 Å². The second-order valence-electron chi connectivity index (χ2n) is 14.4. The van der Waals surface area contributed by atoms with Gasteiger partial charge in [0.05, 0.1) is 21.8 Å². The highest BCUT2D eigenvalue weighted by Gasteiger charge is 2.15. The van der Waals surface area contributed by atoms with Crippen LogP contribution in [0.15, 0.2) is 119 Å². The van der Waals surface area contributed by atoms with Gasteiger partial charge in [0.15, 0.2) is 21.1 Å². The van der Waals surface area contributed by atoms with Crippen LogP contribution in [0.1, 0.15) is 25.7 Å². The van der Waals surface area contributed by atoms with Gasteiger partial charge in [-0.1, -0.05) is 36.4 Å². The predicted molar refractivity (Wildman–Crippen MR) is 225 cm³/mol. The maximum Gasteiger partial charge on any atom is 0.175 e. The molecule has 6 heterocycles. The molecule has 0 amide bonds. The first kappa shape index (κ1) is 38.7. The second kappa shape index (κ2) is 17.6. The largest absolute Gasteiger partial charge is 0.492 e. The summed E-state index contributed by atoms with van der Waals surface area (Å²) in [5.74, 6) is 1.77. The second-order valence-corrected chi connectivity index (χ2v) is 17.3. The third kappa shape index (κ3) is 9.53. The molecule has 0 spiro atoms. The Balaban J connectivity index is 0.000000168. The maximum absolute atomic E-state index is 11.9. The topological polar surface area (TPSA) is 119 Å². The van der Waals surface area contributed by atoms with E-state index in [9.17, 15) is 8.42 Å². The average Bonchev–Trinajstić information content (AvgIpc) is 4.08. The fourth-order valence-electron chi connectivity index (χ4n) is 7.20. The average molecular weight is 850 g/mol. The van der Waals surface area contributed by atoms with Gasteiger partial charge in [-0.3, -0.25) is 9.80 Å². The monoisotopic (exact) mass is 848 g/mol. The van der Waals surface area contributed by atoms with Crippen LogP contribution in [-0.2, 0) is 9.84 Å². The standard InChI is InChI=1S/C25H26N4O3S.C18H19BrN4O/c1-33(30,31)23-6-4-5-20(15-23)24-17-27-29-18-21(16-26-25(24)29)19-7-9-22(10-8-19)32-14-13-28-11-2-3-12-28;19-17-12-21-23-13-15(11-20-18(17)23)14-3-5-16(6-4-14)24-10-9-22-7-1-2-8-22/h4-10,15-18H,2-3,11-14H2,1H3;3-6,11-13H,1-2,7-10H2. The number of hydrogen-bond acceptors (Lipinski definition) is 10. The van der Waals surface area contributed by atoms with Gasteiger partial charge in [0.2, 0.25) is 0 Å². The molecule has 14 heteroatoms. The van der Waals surface area contributed by atoms with Crippen molar-refractivity contribution in [1.82, 2.24) is 39.0 Å². The third-order valence-corrected chi connectivity index (χ3v) is 12.0. The predicted octanol–water partition coefficient (Wildman–Crippen LogP) is 7.57. The highest BCUT2D eigenvalue weighted by molar-refractivity contribution is 9.10. The molecular weight excluding hydrogens is 804 g/mol. The number of halogens is 1. The quantitative estimate of drug-likeness (QED) is 0.122. The van der Waals surface area contributed by atoms with Gasteiger partial charge in [0.1, 0.15) is 24.7 Å². The third-order valence-electron chi connectivity index (χ3n) is 10.4. The summed E-state index contributed by atoms with van der Waals surface area (Å²) in [6.45, 7) is 8.19. The van der Waals surface area contributed by atoms with Gasteiger partial charge in [-0.15, -0.1) is 0 Å². The number of rotatable bonds is 12. The molecule has 0 aliphatic carbocycles. The van der Waals surface area contributed by atoms with Crippen molar-refractivity contribution in [2.75, 3.05) is 58.7 Å². The Morgan fingerprint density at radius 1 is 0.614 bits per heavy atom. The molecule has 0 bridgehead atoms. The highest BCUT2D eigenvalue weighted by Crippen LogP contribution is 2.29. The van der Waals surface area contributed by atoms with Crippen LogP contribution < -0.4 is 9.47 Å². The van der Waals surface area contributed by atoms with Crippen molar-refractivity contribution in [3.05, 3.63) is 114 Å². The lowest BCUT2D eigenvalue weighted by molar-refractivity contribution is 0.237. The number of likely N-dealkylation sites (tertiary alicyclic amines) is 2. The SMILES string of the molecule is Brc1cnn2cc(-c3ccc(OCCN4CCCC4)cc3)cnc12.CS(=O)(=O)c1cccc(-c2cnn3cc(-c4ccc(OCCN5CCCC5)cc4)cnc23)c1. The van der Waals surface area contributed by atoms with Crippen molar-refractivity contribution in [1.29, 1.82) is 0 Å². The van der Waals surface area contributed by atoms with Crippen molar-refractivity contribution >= 4 is 37.1 Å².